The summed E-state index contributed by atoms with van der Waals surface area (Å²) in [5, 5.41) is 0. The first kappa shape index (κ1) is 18.1. The van der Waals surface area contributed by atoms with E-state index in [0.717, 1.165) is 5.56 Å². The minimum Gasteiger partial charge on any atom is -0.436 e. The normalized spacial score (nSPS) is 17.3. The summed E-state index contributed by atoms with van der Waals surface area (Å²) in [7, 11) is 0. The Kier molecular flexibility index (Phi) is 5.35. The number of aryl methyl sites for hydroxylation is 1. The van der Waals surface area contributed by atoms with Crippen LogP contribution in [0, 0.1) is 12.7 Å². The van der Waals surface area contributed by atoms with Gasteiger partial charge in [0.05, 0.1) is 0 Å². The number of ether oxygens (including phenoxy) is 1. The molecule has 2 heterocycles. The fourth-order valence-corrected chi connectivity index (χ4v) is 3.10. The van der Waals surface area contributed by atoms with Gasteiger partial charge in [-0.25, -0.2) is 14.4 Å². The van der Waals surface area contributed by atoms with E-state index in [1.165, 1.54) is 12.4 Å². The fourth-order valence-electron chi connectivity index (χ4n) is 3.10. The van der Waals surface area contributed by atoms with E-state index in [-0.39, 0.29) is 17.7 Å². The number of rotatable bonds is 4. The van der Waals surface area contributed by atoms with Crippen molar-refractivity contribution in [3.63, 3.8) is 0 Å². The molecule has 26 heavy (non-hydrogen) atoms. The monoisotopic (exact) mass is 358 g/mol. The third-order valence-corrected chi connectivity index (χ3v) is 4.50. The molecule has 0 aliphatic carbocycles. The van der Waals surface area contributed by atoms with E-state index in [9.17, 15) is 9.18 Å². The summed E-state index contributed by atoms with van der Waals surface area (Å²) in [6, 6.07) is 6.50. The summed E-state index contributed by atoms with van der Waals surface area (Å²) in [5.41, 5.74) is 0.904. The maximum atomic E-state index is 13.9. The second-order valence-corrected chi connectivity index (χ2v) is 6.49. The van der Waals surface area contributed by atoms with Crippen LogP contribution in [0.15, 0.2) is 30.6 Å². The van der Waals surface area contributed by atoms with Crippen LogP contribution < -0.4 is 9.64 Å². The van der Waals surface area contributed by atoms with Crippen molar-refractivity contribution in [3.05, 3.63) is 42.0 Å². The number of carbonyl (C=O) groups excluding carboxylic acids is 1. The highest BCUT2D eigenvalue weighted by Gasteiger charge is 2.27. The molecule has 1 aromatic heterocycles. The van der Waals surface area contributed by atoms with Crippen molar-refractivity contribution in [1.29, 1.82) is 0 Å². The van der Waals surface area contributed by atoms with Crippen molar-refractivity contribution in [2.45, 2.75) is 33.2 Å². The zero-order valence-corrected chi connectivity index (χ0v) is 15.3. The second kappa shape index (κ2) is 7.68. The predicted molar refractivity (Wildman–Crippen MR) is 96.9 cm³/mol. The molecule has 1 atom stereocenters. The van der Waals surface area contributed by atoms with Crippen LogP contribution >= 0.6 is 0 Å². The number of piperazine rings is 1. The molecule has 0 radical (unpaired) electrons. The molecular weight excluding hydrogens is 335 g/mol. The number of halogens is 1. The van der Waals surface area contributed by atoms with Gasteiger partial charge in [-0.05, 0) is 31.5 Å². The average molecular weight is 358 g/mol. The number of aromatic nitrogens is 2. The van der Waals surface area contributed by atoms with E-state index < -0.39 is 5.82 Å². The Morgan fingerprint density at radius 1 is 1.31 bits per heavy atom. The molecule has 1 amide bonds. The van der Waals surface area contributed by atoms with Gasteiger partial charge in [-0.1, -0.05) is 13.0 Å². The smallest absolute Gasteiger partial charge is 0.224 e. The van der Waals surface area contributed by atoms with Gasteiger partial charge in [0.2, 0.25) is 11.8 Å². The number of nitrogens with zero attached hydrogens (tertiary/aromatic N) is 4. The molecule has 1 saturated heterocycles. The SMILES string of the molecule is CCC(=O)N1CCN(c2cc(Oc3cc(C)ccc3F)ncn2)CC1C. The molecule has 6 nitrogen and oxygen atoms in total. The van der Waals surface area contributed by atoms with E-state index in [1.54, 1.807) is 18.2 Å². The molecular formula is C19H23FN4O2. The van der Waals surface area contributed by atoms with Gasteiger partial charge in [0.25, 0.3) is 0 Å². The lowest BCUT2D eigenvalue weighted by Gasteiger charge is -2.40. The summed E-state index contributed by atoms with van der Waals surface area (Å²) in [6.45, 7) is 7.80. The number of carbonyl (C=O) groups is 1. The van der Waals surface area contributed by atoms with Gasteiger partial charge in [-0.3, -0.25) is 4.79 Å². The second-order valence-electron chi connectivity index (χ2n) is 6.49. The summed E-state index contributed by atoms with van der Waals surface area (Å²) >= 11 is 0. The lowest BCUT2D eigenvalue weighted by Crippen LogP contribution is -2.54. The quantitative estimate of drug-likeness (QED) is 0.840. The molecule has 1 aliphatic rings. The van der Waals surface area contributed by atoms with Gasteiger partial charge in [-0.2, -0.15) is 0 Å². The summed E-state index contributed by atoms with van der Waals surface area (Å²) in [4.78, 5) is 24.3. The maximum absolute atomic E-state index is 13.9. The standard InChI is InChI=1S/C19H23FN4O2/c1-4-19(25)24-8-7-23(11-14(24)3)17-10-18(22-12-21-17)26-16-9-13(2)5-6-15(16)20/h5-6,9-10,12,14H,4,7-8,11H2,1-3H3. The largest absolute Gasteiger partial charge is 0.436 e. The lowest BCUT2D eigenvalue weighted by atomic mass is 10.1. The predicted octanol–water partition coefficient (Wildman–Crippen LogP) is 3.16. The number of hydrogen-bond acceptors (Lipinski definition) is 5. The topological polar surface area (TPSA) is 58.6 Å². The summed E-state index contributed by atoms with van der Waals surface area (Å²) in [6.07, 6.45) is 1.92. The Labute approximate surface area is 152 Å². The van der Waals surface area contributed by atoms with Gasteiger partial charge < -0.3 is 14.5 Å². The molecule has 7 heteroatoms. The van der Waals surface area contributed by atoms with Crippen LogP contribution in [0.5, 0.6) is 11.6 Å². The number of benzene rings is 1. The third kappa shape index (κ3) is 3.92. The average Bonchev–Trinajstić information content (AvgIpc) is 2.64. The first-order valence-corrected chi connectivity index (χ1v) is 8.78. The lowest BCUT2D eigenvalue weighted by molar-refractivity contribution is -0.133. The Morgan fingerprint density at radius 3 is 2.85 bits per heavy atom. The van der Waals surface area contributed by atoms with Gasteiger partial charge in [0.15, 0.2) is 11.6 Å². The first-order chi connectivity index (χ1) is 12.5. The Bertz CT molecular complexity index is 799. The van der Waals surface area contributed by atoms with Crippen molar-refractivity contribution in [1.82, 2.24) is 14.9 Å². The van der Waals surface area contributed by atoms with Gasteiger partial charge in [-0.15, -0.1) is 0 Å². The summed E-state index contributed by atoms with van der Waals surface area (Å²) < 4.78 is 19.5. The Hall–Kier alpha value is -2.70. The van der Waals surface area contributed by atoms with Crippen LogP contribution in [-0.2, 0) is 4.79 Å². The molecule has 1 fully saturated rings. The van der Waals surface area contributed by atoms with Crippen LogP contribution in [0.2, 0.25) is 0 Å². The Morgan fingerprint density at radius 2 is 2.12 bits per heavy atom. The number of amides is 1. The minimum absolute atomic E-state index is 0.102. The summed E-state index contributed by atoms with van der Waals surface area (Å²) in [5.74, 6) is 0.869. The van der Waals surface area contributed by atoms with Gasteiger partial charge >= 0.3 is 0 Å². The molecule has 2 aromatic rings. The Balaban J connectivity index is 1.74. The molecule has 0 spiro atoms. The molecule has 1 aromatic carbocycles. The maximum Gasteiger partial charge on any atom is 0.224 e. The number of anilines is 1. The minimum atomic E-state index is -0.434. The van der Waals surface area contributed by atoms with E-state index in [4.69, 9.17) is 4.74 Å². The highest BCUT2D eigenvalue weighted by atomic mass is 19.1. The van der Waals surface area contributed by atoms with Gasteiger partial charge in [0.1, 0.15) is 12.1 Å². The van der Waals surface area contributed by atoms with Crippen molar-refractivity contribution in [2.75, 3.05) is 24.5 Å². The van der Waals surface area contributed by atoms with Crippen LogP contribution in [0.4, 0.5) is 10.2 Å². The fraction of sp³-hybridized carbons (Fsp3) is 0.421. The van der Waals surface area contributed by atoms with Crippen LogP contribution in [-0.4, -0.2) is 46.5 Å². The first-order valence-electron chi connectivity index (χ1n) is 8.78. The van der Waals surface area contributed by atoms with Crippen LogP contribution in [0.3, 0.4) is 0 Å². The van der Waals surface area contributed by atoms with Crippen molar-refractivity contribution < 1.29 is 13.9 Å². The third-order valence-electron chi connectivity index (χ3n) is 4.50. The molecule has 1 aliphatic heterocycles. The zero-order valence-electron chi connectivity index (χ0n) is 15.3. The van der Waals surface area contributed by atoms with Crippen LogP contribution in [0.25, 0.3) is 0 Å². The van der Waals surface area contributed by atoms with E-state index >= 15 is 0 Å². The molecule has 138 valence electrons. The van der Waals surface area contributed by atoms with Crippen LogP contribution in [0.1, 0.15) is 25.8 Å². The van der Waals surface area contributed by atoms with E-state index in [0.29, 0.717) is 37.8 Å². The molecule has 1 unspecified atom stereocenters. The van der Waals surface area contributed by atoms with Gasteiger partial charge in [0, 0.05) is 38.2 Å². The van der Waals surface area contributed by atoms with Crippen molar-refractivity contribution in [3.8, 4) is 11.6 Å². The molecule has 0 saturated carbocycles. The highest BCUT2D eigenvalue weighted by Crippen LogP contribution is 2.26. The van der Waals surface area contributed by atoms with Crippen molar-refractivity contribution >= 4 is 11.7 Å². The number of hydrogen-bond donors (Lipinski definition) is 0. The van der Waals surface area contributed by atoms with E-state index in [1.807, 2.05) is 25.7 Å². The molecule has 3 rings (SSSR count). The highest BCUT2D eigenvalue weighted by molar-refractivity contribution is 5.76. The van der Waals surface area contributed by atoms with Crippen molar-refractivity contribution in [2.24, 2.45) is 0 Å². The van der Waals surface area contributed by atoms with E-state index in [2.05, 4.69) is 14.9 Å². The molecule has 0 bridgehead atoms. The zero-order chi connectivity index (χ0) is 18.7. The molecule has 0 N–H and O–H groups in total.